The van der Waals surface area contributed by atoms with Gasteiger partial charge in [0.25, 0.3) is 0 Å². The van der Waals surface area contributed by atoms with Crippen molar-refractivity contribution in [3.05, 3.63) is 34.9 Å². The highest BCUT2D eigenvalue weighted by Crippen LogP contribution is 2.19. The summed E-state index contributed by atoms with van der Waals surface area (Å²) in [7, 11) is 0. The molecule has 78 valence electrons. The molecule has 0 spiro atoms. The van der Waals surface area contributed by atoms with Gasteiger partial charge in [-0.2, -0.15) is 5.26 Å². The van der Waals surface area contributed by atoms with Gasteiger partial charge in [0.15, 0.2) is 0 Å². The van der Waals surface area contributed by atoms with Gasteiger partial charge in [-0.1, -0.05) is 23.7 Å². The van der Waals surface area contributed by atoms with E-state index < -0.39 is 0 Å². The molecular weight excluding hydrogens is 208 g/mol. The van der Waals surface area contributed by atoms with E-state index >= 15 is 0 Å². The summed E-state index contributed by atoms with van der Waals surface area (Å²) in [5, 5.41) is 9.58. The lowest BCUT2D eigenvalue weighted by Crippen LogP contribution is -2.19. The van der Waals surface area contributed by atoms with Crippen molar-refractivity contribution >= 4 is 11.6 Å². The highest BCUT2D eigenvalue weighted by molar-refractivity contribution is 6.30. The Morgan fingerprint density at radius 2 is 2.40 bits per heavy atom. The summed E-state index contributed by atoms with van der Waals surface area (Å²) in [6.45, 7) is 2.81. The lowest BCUT2D eigenvalue weighted by Gasteiger charge is -2.14. The van der Waals surface area contributed by atoms with Crippen molar-refractivity contribution in [2.75, 3.05) is 13.1 Å². The molecule has 3 heteroatoms. The molecule has 1 aromatic rings. The van der Waals surface area contributed by atoms with E-state index in [0.717, 1.165) is 31.1 Å². The van der Waals surface area contributed by atoms with E-state index in [1.54, 1.807) is 0 Å². The van der Waals surface area contributed by atoms with Crippen LogP contribution in [0.25, 0.3) is 0 Å². The Bertz CT molecular complexity index is 383. The van der Waals surface area contributed by atoms with Crippen LogP contribution in [0.1, 0.15) is 12.0 Å². The first-order valence-electron chi connectivity index (χ1n) is 5.14. The minimum atomic E-state index is 0.212. The molecule has 0 N–H and O–H groups in total. The fraction of sp³-hybridized carbons (Fsp3) is 0.417. The number of nitriles is 1. The van der Waals surface area contributed by atoms with Crippen LogP contribution in [0.2, 0.25) is 5.02 Å². The summed E-state index contributed by atoms with van der Waals surface area (Å²) >= 11 is 5.92. The molecule has 15 heavy (non-hydrogen) atoms. The maximum atomic E-state index is 8.80. The van der Waals surface area contributed by atoms with Gasteiger partial charge >= 0.3 is 0 Å². The number of hydrogen-bond donors (Lipinski definition) is 0. The van der Waals surface area contributed by atoms with Crippen LogP contribution in [0.3, 0.4) is 0 Å². The molecule has 2 rings (SSSR count). The van der Waals surface area contributed by atoms with Crippen LogP contribution in [-0.4, -0.2) is 18.0 Å². The maximum absolute atomic E-state index is 8.80. The largest absolute Gasteiger partial charge is 0.298 e. The van der Waals surface area contributed by atoms with Crippen LogP contribution >= 0.6 is 11.6 Å². The first-order chi connectivity index (χ1) is 7.28. The molecule has 1 unspecified atom stereocenters. The van der Waals surface area contributed by atoms with Crippen molar-refractivity contribution in [1.29, 1.82) is 5.26 Å². The Morgan fingerprint density at radius 1 is 1.53 bits per heavy atom. The summed E-state index contributed by atoms with van der Waals surface area (Å²) in [5.41, 5.74) is 1.22. The van der Waals surface area contributed by atoms with Crippen molar-refractivity contribution in [3.8, 4) is 6.07 Å². The third-order valence-electron chi connectivity index (χ3n) is 2.75. The Balaban J connectivity index is 1.96. The molecule has 1 aromatic carbocycles. The average Bonchev–Trinajstić information content (AvgIpc) is 2.65. The smallest absolute Gasteiger partial charge is 0.0669 e. The summed E-state index contributed by atoms with van der Waals surface area (Å²) < 4.78 is 0. The number of nitrogens with zero attached hydrogens (tertiary/aromatic N) is 2. The SMILES string of the molecule is N#CC1CCN(Cc2cccc(Cl)c2)C1. The van der Waals surface area contributed by atoms with Crippen LogP contribution in [0.4, 0.5) is 0 Å². The molecule has 0 aliphatic carbocycles. The molecular formula is C12H13ClN2. The van der Waals surface area contributed by atoms with E-state index in [1.807, 2.05) is 18.2 Å². The zero-order chi connectivity index (χ0) is 10.7. The second kappa shape index (κ2) is 4.65. The third kappa shape index (κ3) is 2.71. The summed E-state index contributed by atoms with van der Waals surface area (Å²) in [6.07, 6.45) is 0.997. The molecule has 0 radical (unpaired) electrons. The Morgan fingerprint density at radius 3 is 3.07 bits per heavy atom. The van der Waals surface area contributed by atoms with Gasteiger partial charge in [-0.15, -0.1) is 0 Å². The minimum absolute atomic E-state index is 0.212. The Kier molecular flexibility index (Phi) is 3.25. The van der Waals surface area contributed by atoms with Gasteiger partial charge in [-0.25, -0.2) is 0 Å². The second-order valence-corrected chi connectivity index (χ2v) is 4.42. The van der Waals surface area contributed by atoms with Gasteiger partial charge < -0.3 is 0 Å². The molecule has 1 heterocycles. The monoisotopic (exact) mass is 220 g/mol. The van der Waals surface area contributed by atoms with Gasteiger partial charge in [-0.3, -0.25) is 4.90 Å². The van der Waals surface area contributed by atoms with Crippen LogP contribution in [0, 0.1) is 17.2 Å². The zero-order valence-corrected chi connectivity index (χ0v) is 9.24. The van der Waals surface area contributed by atoms with Gasteiger partial charge in [0.2, 0.25) is 0 Å². The van der Waals surface area contributed by atoms with Crippen molar-refractivity contribution < 1.29 is 0 Å². The molecule has 0 bridgehead atoms. The van der Waals surface area contributed by atoms with Gasteiger partial charge in [0, 0.05) is 18.1 Å². The molecule has 2 nitrogen and oxygen atoms in total. The highest BCUT2D eigenvalue weighted by atomic mass is 35.5. The van der Waals surface area contributed by atoms with Crippen molar-refractivity contribution in [2.45, 2.75) is 13.0 Å². The normalized spacial score (nSPS) is 21.5. The quantitative estimate of drug-likeness (QED) is 0.766. The summed E-state index contributed by atoms with van der Waals surface area (Å²) in [6, 6.07) is 10.2. The van der Waals surface area contributed by atoms with E-state index in [9.17, 15) is 0 Å². The topological polar surface area (TPSA) is 27.0 Å². The molecule has 0 saturated carbocycles. The second-order valence-electron chi connectivity index (χ2n) is 3.98. The molecule has 0 amide bonds. The standard InChI is InChI=1S/C12H13ClN2/c13-12-3-1-2-10(6-12)8-15-5-4-11(7-14)9-15/h1-3,6,11H,4-5,8-9H2. The number of likely N-dealkylation sites (tertiary alicyclic amines) is 1. The third-order valence-corrected chi connectivity index (χ3v) is 2.99. The number of hydrogen-bond acceptors (Lipinski definition) is 2. The predicted molar refractivity (Wildman–Crippen MR) is 60.4 cm³/mol. The summed E-state index contributed by atoms with van der Waals surface area (Å²) in [4.78, 5) is 2.31. The number of rotatable bonds is 2. The molecule has 1 fully saturated rings. The van der Waals surface area contributed by atoms with E-state index in [2.05, 4.69) is 17.0 Å². The van der Waals surface area contributed by atoms with Crippen LogP contribution < -0.4 is 0 Å². The van der Waals surface area contributed by atoms with E-state index in [4.69, 9.17) is 16.9 Å². The fourth-order valence-electron chi connectivity index (χ4n) is 1.98. The number of benzene rings is 1. The van der Waals surface area contributed by atoms with Crippen molar-refractivity contribution in [2.24, 2.45) is 5.92 Å². The van der Waals surface area contributed by atoms with Gasteiger partial charge in [0.05, 0.1) is 12.0 Å². The molecule has 1 aliphatic rings. The average molecular weight is 221 g/mol. The fourth-order valence-corrected chi connectivity index (χ4v) is 2.19. The molecule has 1 aliphatic heterocycles. The Hall–Kier alpha value is -1.04. The van der Waals surface area contributed by atoms with Crippen LogP contribution in [0.15, 0.2) is 24.3 Å². The predicted octanol–water partition coefficient (Wildman–Crippen LogP) is 2.69. The Labute approximate surface area is 95.1 Å². The summed E-state index contributed by atoms with van der Waals surface area (Å²) in [5.74, 6) is 0.212. The van der Waals surface area contributed by atoms with Crippen molar-refractivity contribution in [3.63, 3.8) is 0 Å². The molecule has 1 atom stereocenters. The zero-order valence-electron chi connectivity index (χ0n) is 8.49. The van der Waals surface area contributed by atoms with E-state index in [1.165, 1.54) is 5.56 Å². The van der Waals surface area contributed by atoms with Crippen LogP contribution in [0.5, 0.6) is 0 Å². The van der Waals surface area contributed by atoms with E-state index in [0.29, 0.717) is 0 Å². The molecule has 0 aromatic heterocycles. The lowest BCUT2D eigenvalue weighted by atomic mass is 10.1. The highest BCUT2D eigenvalue weighted by Gasteiger charge is 2.21. The maximum Gasteiger partial charge on any atom is 0.0669 e. The van der Waals surface area contributed by atoms with Gasteiger partial charge in [-0.05, 0) is 30.7 Å². The van der Waals surface area contributed by atoms with Gasteiger partial charge in [0.1, 0.15) is 0 Å². The van der Waals surface area contributed by atoms with Crippen LogP contribution in [-0.2, 0) is 6.54 Å². The minimum Gasteiger partial charge on any atom is -0.298 e. The van der Waals surface area contributed by atoms with E-state index in [-0.39, 0.29) is 5.92 Å². The first-order valence-corrected chi connectivity index (χ1v) is 5.52. The molecule has 1 saturated heterocycles. The lowest BCUT2D eigenvalue weighted by molar-refractivity contribution is 0.325. The number of halogens is 1. The first kappa shape index (κ1) is 10.5. The van der Waals surface area contributed by atoms with Crippen molar-refractivity contribution in [1.82, 2.24) is 4.90 Å².